The second-order valence-corrected chi connectivity index (χ2v) is 6.10. The lowest BCUT2D eigenvalue weighted by atomic mass is 10.0. The average molecular weight is 321 g/mol. The second kappa shape index (κ2) is 10.9. The van der Waals surface area contributed by atoms with Gasteiger partial charge in [-0.05, 0) is 37.5 Å². The van der Waals surface area contributed by atoms with Gasteiger partial charge in [-0.25, -0.2) is 0 Å². The number of aliphatic carboxylic acids is 1. The zero-order valence-electron chi connectivity index (χ0n) is 14.6. The van der Waals surface area contributed by atoms with Gasteiger partial charge in [0.1, 0.15) is 12.3 Å². The number of benzene rings is 1. The van der Waals surface area contributed by atoms with Gasteiger partial charge in [-0.2, -0.15) is 0 Å². The van der Waals surface area contributed by atoms with Crippen molar-refractivity contribution in [3.8, 4) is 5.75 Å². The van der Waals surface area contributed by atoms with Gasteiger partial charge >= 0.3 is 5.97 Å². The first kappa shape index (κ1) is 19.3. The van der Waals surface area contributed by atoms with E-state index in [1.165, 1.54) is 38.5 Å². The first-order valence-electron chi connectivity index (χ1n) is 8.87. The number of phenols is 1. The Morgan fingerprint density at radius 1 is 1.04 bits per heavy atom. The molecule has 0 aliphatic heterocycles. The van der Waals surface area contributed by atoms with Crippen molar-refractivity contribution < 1.29 is 15.0 Å². The zero-order valence-corrected chi connectivity index (χ0v) is 14.6. The van der Waals surface area contributed by atoms with E-state index in [1.807, 2.05) is 19.1 Å². The SMILES string of the molecule is CCCCCCCCCc1ccc(O)c(N(CC)CC(=O)O)c1. The molecule has 2 N–H and O–H groups in total. The standard InChI is InChI=1S/C19H31NO3/c1-3-5-6-7-8-9-10-11-16-12-13-18(21)17(14-16)20(4-2)15-19(22)23/h12-14,21H,3-11,15H2,1-2H3,(H,22,23). The molecule has 23 heavy (non-hydrogen) atoms. The first-order valence-corrected chi connectivity index (χ1v) is 8.87. The number of aryl methyl sites for hydroxylation is 1. The number of nitrogens with zero attached hydrogens (tertiary/aromatic N) is 1. The molecule has 0 unspecified atom stereocenters. The number of carboxylic acid groups (broad SMARTS) is 1. The molecule has 0 heterocycles. The van der Waals surface area contributed by atoms with Crippen LogP contribution in [0.1, 0.15) is 64.4 Å². The molecule has 1 aromatic rings. The van der Waals surface area contributed by atoms with E-state index in [4.69, 9.17) is 5.11 Å². The van der Waals surface area contributed by atoms with Crippen LogP contribution in [0, 0.1) is 0 Å². The molecule has 0 aromatic heterocycles. The van der Waals surface area contributed by atoms with Gasteiger partial charge in [0.2, 0.25) is 0 Å². The largest absolute Gasteiger partial charge is 0.506 e. The Labute approximate surface area is 140 Å². The Morgan fingerprint density at radius 2 is 1.70 bits per heavy atom. The Balaban J connectivity index is 2.51. The molecule has 0 saturated carbocycles. The van der Waals surface area contributed by atoms with Crippen LogP contribution >= 0.6 is 0 Å². The van der Waals surface area contributed by atoms with Crippen molar-refractivity contribution in [1.82, 2.24) is 0 Å². The third-order valence-electron chi connectivity index (χ3n) is 4.16. The van der Waals surface area contributed by atoms with E-state index in [2.05, 4.69) is 6.92 Å². The number of hydrogen-bond acceptors (Lipinski definition) is 3. The lowest BCUT2D eigenvalue weighted by Gasteiger charge is -2.22. The maximum atomic E-state index is 10.9. The van der Waals surface area contributed by atoms with E-state index in [-0.39, 0.29) is 12.3 Å². The summed E-state index contributed by atoms with van der Waals surface area (Å²) in [7, 11) is 0. The van der Waals surface area contributed by atoms with Crippen LogP contribution in [0.3, 0.4) is 0 Å². The summed E-state index contributed by atoms with van der Waals surface area (Å²) in [6.45, 7) is 4.59. The van der Waals surface area contributed by atoms with E-state index < -0.39 is 5.97 Å². The van der Waals surface area contributed by atoms with Gasteiger partial charge in [0.05, 0.1) is 5.69 Å². The van der Waals surface area contributed by atoms with Crippen molar-refractivity contribution in [2.24, 2.45) is 0 Å². The minimum atomic E-state index is -0.885. The van der Waals surface area contributed by atoms with Crippen molar-refractivity contribution in [2.75, 3.05) is 18.0 Å². The molecule has 0 atom stereocenters. The number of likely N-dealkylation sites (N-methyl/N-ethyl adjacent to an activating group) is 1. The molecule has 0 spiro atoms. The summed E-state index contributed by atoms with van der Waals surface area (Å²) in [4.78, 5) is 12.6. The highest BCUT2D eigenvalue weighted by molar-refractivity contribution is 5.75. The minimum absolute atomic E-state index is 0.0923. The Kier molecular flexibility index (Phi) is 9.18. The zero-order chi connectivity index (χ0) is 17.1. The number of carboxylic acids is 1. The lowest BCUT2D eigenvalue weighted by molar-refractivity contribution is -0.135. The normalized spacial score (nSPS) is 10.7. The van der Waals surface area contributed by atoms with E-state index >= 15 is 0 Å². The fourth-order valence-corrected chi connectivity index (χ4v) is 2.79. The third-order valence-corrected chi connectivity index (χ3v) is 4.16. The van der Waals surface area contributed by atoms with Gasteiger partial charge < -0.3 is 15.1 Å². The predicted octanol–water partition coefficient (Wildman–Crippen LogP) is 4.60. The number of rotatable bonds is 12. The van der Waals surface area contributed by atoms with Crippen LogP contribution in [0.5, 0.6) is 5.75 Å². The summed E-state index contributed by atoms with van der Waals surface area (Å²) in [6.07, 6.45) is 9.89. The molecular weight excluding hydrogens is 290 g/mol. The van der Waals surface area contributed by atoms with Crippen molar-refractivity contribution in [1.29, 1.82) is 0 Å². The molecule has 130 valence electrons. The topological polar surface area (TPSA) is 60.8 Å². The summed E-state index contributed by atoms with van der Waals surface area (Å²) in [5.41, 5.74) is 1.78. The highest BCUT2D eigenvalue weighted by Crippen LogP contribution is 2.29. The van der Waals surface area contributed by atoms with E-state index in [9.17, 15) is 9.90 Å². The molecule has 0 aliphatic carbocycles. The van der Waals surface area contributed by atoms with Gasteiger partial charge in [-0.15, -0.1) is 0 Å². The smallest absolute Gasteiger partial charge is 0.323 e. The van der Waals surface area contributed by atoms with Crippen molar-refractivity contribution in [3.05, 3.63) is 23.8 Å². The maximum Gasteiger partial charge on any atom is 0.323 e. The highest BCUT2D eigenvalue weighted by atomic mass is 16.4. The Bertz CT molecular complexity index is 474. The number of anilines is 1. The van der Waals surface area contributed by atoms with Crippen LogP contribution < -0.4 is 4.90 Å². The predicted molar refractivity (Wildman–Crippen MR) is 95.3 cm³/mol. The van der Waals surface area contributed by atoms with Gasteiger partial charge in [0.15, 0.2) is 0 Å². The van der Waals surface area contributed by atoms with Crippen LogP contribution in [0.4, 0.5) is 5.69 Å². The van der Waals surface area contributed by atoms with E-state index in [1.54, 1.807) is 11.0 Å². The van der Waals surface area contributed by atoms with Crippen LogP contribution in [0.15, 0.2) is 18.2 Å². The molecule has 0 aliphatic rings. The summed E-state index contributed by atoms with van der Waals surface area (Å²) >= 11 is 0. The molecule has 1 rings (SSSR count). The third kappa shape index (κ3) is 7.40. The Morgan fingerprint density at radius 3 is 2.30 bits per heavy atom. The molecule has 4 heteroatoms. The number of unbranched alkanes of at least 4 members (excludes halogenated alkanes) is 6. The number of phenolic OH excluding ortho intramolecular Hbond substituents is 1. The molecule has 0 bridgehead atoms. The Hall–Kier alpha value is -1.71. The molecule has 0 fully saturated rings. The van der Waals surface area contributed by atoms with Crippen LogP contribution in [-0.2, 0) is 11.2 Å². The quantitative estimate of drug-likeness (QED) is 0.552. The van der Waals surface area contributed by atoms with Gasteiger partial charge in [-0.3, -0.25) is 4.79 Å². The molecule has 1 aromatic carbocycles. The number of hydrogen-bond donors (Lipinski definition) is 2. The van der Waals surface area contributed by atoms with Gasteiger partial charge in [0, 0.05) is 6.54 Å². The van der Waals surface area contributed by atoms with Crippen molar-refractivity contribution >= 4 is 11.7 Å². The van der Waals surface area contributed by atoms with Crippen LogP contribution in [0.2, 0.25) is 0 Å². The molecule has 0 amide bonds. The lowest BCUT2D eigenvalue weighted by Crippen LogP contribution is -2.29. The first-order chi connectivity index (χ1) is 11.1. The molecular formula is C19H31NO3. The van der Waals surface area contributed by atoms with Gasteiger partial charge in [-0.1, -0.05) is 51.5 Å². The molecule has 0 radical (unpaired) electrons. The second-order valence-electron chi connectivity index (χ2n) is 6.10. The summed E-state index contributed by atoms with van der Waals surface area (Å²) in [6, 6.07) is 5.54. The van der Waals surface area contributed by atoms with Crippen LogP contribution in [-0.4, -0.2) is 29.3 Å². The highest BCUT2D eigenvalue weighted by Gasteiger charge is 2.13. The maximum absolute atomic E-state index is 10.9. The van der Waals surface area contributed by atoms with E-state index in [0.29, 0.717) is 12.2 Å². The number of aromatic hydroxyl groups is 1. The summed E-state index contributed by atoms with van der Waals surface area (Å²) in [5, 5.41) is 19.0. The summed E-state index contributed by atoms with van der Waals surface area (Å²) in [5.74, 6) is -0.736. The van der Waals surface area contributed by atoms with Crippen molar-refractivity contribution in [2.45, 2.75) is 65.2 Å². The minimum Gasteiger partial charge on any atom is -0.506 e. The fraction of sp³-hybridized carbons (Fsp3) is 0.632. The molecule has 0 saturated heterocycles. The van der Waals surface area contributed by atoms with Crippen LogP contribution in [0.25, 0.3) is 0 Å². The summed E-state index contributed by atoms with van der Waals surface area (Å²) < 4.78 is 0. The number of carbonyl (C=O) groups is 1. The van der Waals surface area contributed by atoms with Gasteiger partial charge in [0.25, 0.3) is 0 Å². The average Bonchev–Trinajstić information content (AvgIpc) is 2.53. The fourth-order valence-electron chi connectivity index (χ4n) is 2.79. The molecule has 4 nitrogen and oxygen atoms in total. The van der Waals surface area contributed by atoms with E-state index in [0.717, 1.165) is 18.4 Å². The monoisotopic (exact) mass is 321 g/mol. The van der Waals surface area contributed by atoms with Crippen molar-refractivity contribution in [3.63, 3.8) is 0 Å².